The van der Waals surface area contributed by atoms with E-state index in [0.717, 1.165) is 5.56 Å². The molecule has 3 rings (SSSR count). The molecule has 5 nitrogen and oxygen atoms in total. The number of halogens is 1. The van der Waals surface area contributed by atoms with E-state index in [4.69, 9.17) is 0 Å². The molecule has 0 amide bonds. The molecule has 180 valence electrons. The van der Waals surface area contributed by atoms with Gasteiger partial charge in [-0.15, -0.1) is 0 Å². The van der Waals surface area contributed by atoms with Crippen LogP contribution in [-0.4, -0.2) is 24.5 Å². The van der Waals surface area contributed by atoms with Gasteiger partial charge in [-0.1, -0.05) is 39.8 Å². The Kier molecular flexibility index (Phi) is 7.56. The summed E-state index contributed by atoms with van der Waals surface area (Å²) in [6.45, 7) is 7.73. The van der Waals surface area contributed by atoms with E-state index in [2.05, 4.69) is 13.8 Å². The Hall–Kier alpha value is -3.06. The zero-order chi connectivity index (χ0) is 25.2. The molecular formula is C27H30FNO4S. The van der Waals surface area contributed by atoms with Crippen molar-refractivity contribution in [2.45, 2.75) is 39.4 Å². The zero-order valence-electron chi connectivity index (χ0n) is 20.1. The molecule has 0 saturated carbocycles. The first kappa shape index (κ1) is 25.6. The molecule has 0 N–H and O–H groups in total. The first-order valence-corrected chi connectivity index (χ1v) is 13.1. The second-order valence-electron chi connectivity index (χ2n) is 9.02. The van der Waals surface area contributed by atoms with Crippen molar-refractivity contribution in [1.29, 1.82) is 0 Å². The minimum absolute atomic E-state index is 0.00800. The summed E-state index contributed by atoms with van der Waals surface area (Å²) in [5.74, 6) is -0.650. The van der Waals surface area contributed by atoms with Gasteiger partial charge in [0.1, 0.15) is 5.82 Å². The molecule has 0 saturated heterocycles. The highest BCUT2D eigenvalue weighted by atomic mass is 32.2. The topological polar surface area (TPSA) is 73.2 Å². The predicted octanol–water partition coefficient (Wildman–Crippen LogP) is 5.12. The van der Waals surface area contributed by atoms with E-state index in [0.29, 0.717) is 27.8 Å². The quantitative estimate of drug-likeness (QED) is 0.417. The van der Waals surface area contributed by atoms with Crippen LogP contribution in [0.25, 0.3) is 11.1 Å². The van der Waals surface area contributed by atoms with Crippen LogP contribution in [0.1, 0.15) is 60.7 Å². The third kappa shape index (κ3) is 5.53. The number of rotatable bonds is 8. The normalized spacial score (nSPS) is 12.7. The van der Waals surface area contributed by atoms with Gasteiger partial charge in [0.25, 0.3) is 5.56 Å². The summed E-state index contributed by atoms with van der Waals surface area (Å²) in [6, 6.07) is 11.9. The first-order valence-electron chi connectivity index (χ1n) is 11.3. The van der Waals surface area contributed by atoms with Crippen LogP contribution in [0.15, 0.2) is 59.5 Å². The highest BCUT2D eigenvalue weighted by molar-refractivity contribution is 7.90. The van der Waals surface area contributed by atoms with Gasteiger partial charge >= 0.3 is 0 Å². The summed E-state index contributed by atoms with van der Waals surface area (Å²) >= 11 is 0. The average Bonchev–Trinajstić information content (AvgIpc) is 2.79. The number of benzene rings is 2. The number of carbonyl (C=O) groups excluding carboxylic acids is 1. The lowest BCUT2D eigenvalue weighted by molar-refractivity contribution is 0.103. The third-order valence-electron chi connectivity index (χ3n) is 6.30. The number of aromatic nitrogens is 1. The van der Waals surface area contributed by atoms with Crippen molar-refractivity contribution in [2.75, 3.05) is 5.75 Å². The van der Waals surface area contributed by atoms with Gasteiger partial charge in [0.2, 0.25) is 0 Å². The smallest absolute Gasteiger partial charge is 0.250 e. The van der Waals surface area contributed by atoms with E-state index in [1.54, 1.807) is 44.4 Å². The molecule has 0 fully saturated rings. The largest absolute Gasteiger partial charge is 0.318 e. The second-order valence-corrected chi connectivity index (χ2v) is 11.4. The summed E-state index contributed by atoms with van der Waals surface area (Å²) < 4.78 is 39.5. The standard InChI is InChI=1S/C27H30FNO4S/c1-6-34(32,33)16-19-7-12-22(27(31)20-8-10-21(28)11-9-20)24(13-19)25-15-29(5)26(30)14-23(25)18(4)17(2)3/h7-15,17-18H,6,16H2,1-5H3. The van der Waals surface area contributed by atoms with E-state index >= 15 is 0 Å². The predicted molar refractivity (Wildman–Crippen MR) is 133 cm³/mol. The number of sulfone groups is 1. The lowest BCUT2D eigenvalue weighted by Crippen LogP contribution is -2.19. The fourth-order valence-electron chi connectivity index (χ4n) is 3.82. The van der Waals surface area contributed by atoms with Crippen LogP contribution in [0.2, 0.25) is 0 Å². The Bertz CT molecular complexity index is 1370. The Morgan fingerprint density at radius 2 is 1.65 bits per heavy atom. The van der Waals surface area contributed by atoms with Gasteiger partial charge in [-0.3, -0.25) is 9.59 Å². The van der Waals surface area contributed by atoms with Gasteiger partial charge in [-0.05, 0) is 58.9 Å². The first-order chi connectivity index (χ1) is 15.9. The molecule has 0 spiro atoms. The van der Waals surface area contributed by atoms with Gasteiger partial charge in [-0.25, -0.2) is 12.8 Å². The average molecular weight is 484 g/mol. The van der Waals surface area contributed by atoms with Crippen LogP contribution in [0, 0.1) is 11.7 Å². The van der Waals surface area contributed by atoms with Gasteiger partial charge in [0, 0.05) is 41.8 Å². The Morgan fingerprint density at radius 1 is 1.00 bits per heavy atom. The molecule has 3 aromatic rings. The number of nitrogens with zero attached hydrogens (tertiary/aromatic N) is 1. The molecule has 0 aliphatic carbocycles. The van der Waals surface area contributed by atoms with Crippen molar-refractivity contribution < 1.29 is 17.6 Å². The molecule has 1 unspecified atom stereocenters. The Balaban J connectivity index is 2.31. The highest BCUT2D eigenvalue weighted by Gasteiger charge is 2.23. The van der Waals surface area contributed by atoms with E-state index < -0.39 is 15.7 Å². The highest BCUT2D eigenvalue weighted by Crippen LogP contribution is 2.35. The van der Waals surface area contributed by atoms with Crippen molar-refractivity contribution in [3.05, 3.63) is 93.2 Å². The Morgan fingerprint density at radius 3 is 2.24 bits per heavy atom. The number of aryl methyl sites for hydroxylation is 1. The lowest BCUT2D eigenvalue weighted by atomic mass is 9.83. The number of ketones is 1. The Labute approximate surface area is 200 Å². The van der Waals surface area contributed by atoms with Crippen molar-refractivity contribution in [2.24, 2.45) is 13.0 Å². The van der Waals surface area contributed by atoms with Crippen LogP contribution in [-0.2, 0) is 22.6 Å². The minimum atomic E-state index is -3.30. The molecule has 0 radical (unpaired) electrons. The number of hydrogen-bond donors (Lipinski definition) is 0. The monoisotopic (exact) mass is 483 g/mol. The molecule has 1 heterocycles. The van der Waals surface area contributed by atoms with Crippen LogP contribution in [0.4, 0.5) is 4.39 Å². The van der Waals surface area contributed by atoms with Crippen LogP contribution < -0.4 is 5.56 Å². The lowest BCUT2D eigenvalue weighted by Gasteiger charge is -2.22. The van der Waals surface area contributed by atoms with Crippen LogP contribution in [0.5, 0.6) is 0 Å². The summed E-state index contributed by atoms with van der Waals surface area (Å²) in [4.78, 5) is 26.0. The van der Waals surface area contributed by atoms with E-state index in [-0.39, 0.29) is 34.7 Å². The minimum Gasteiger partial charge on any atom is -0.318 e. The van der Waals surface area contributed by atoms with Gasteiger partial charge < -0.3 is 4.57 Å². The maximum atomic E-state index is 13.5. The summed E-state index contributed by atoms with van der Waals surface area (Å²) in [5, 5.41) is 0. The van der Waals surface area contributed by atoms with Gasteiger partial charge in [-0.2, -0.15) is 0 Å². The van der Waals surface area contributed by atoms with Gasteiger partial charge in [0.15, 0.2) is 15.6 Å². The van der Waals surface area contributed by atoms with Gasteiger partial charge in [0.05, 0.1) is 5.75 Å². The fourth-order valence-corrected chi connectivity index (χ4v) is 4.71. The molecule has 34 heavy (non-hydrogen) atoms. The molecule has 1 aromatic heterocycles. The zero-order valence-corrected chi connectivity index (χ0v) is 20.9. The van der Waals surface area contributed by atoms with Crippen LogP contribution in [0.3, 0.4) is 0 Å². The van der Waals surface area contributed by atoms with E-state index in [1.165, 1.54) is 28.8 Å². The van der Waals surface area contributed by atoms with E-state index in [9.17, 15) is 22.4 Å². The maximum absolute atomic E-state index is 13.5. The van der Waals surface area contributed by atoms with Crippen molar-refractivity contribution >= 4 is 15.6 Å². The fraction of sp³-hybridized carbons (Fsp3) is 0.333. The molecule has 0 aliphatic heterocycles. The van der Waals surface area contributed by atoms with Crippen molar-refractivity contribution in [1.82, 2.24) is 4.57 Å². The molecular weight excluding hydrogens is 453 g/mol. The summed E-state index contributed by atoms with van der Waals surface area (Å²) in [7, 11) is -1.66. The SMILES string of the molecule is CCS(=O)(=O)Cc1ccc(C(=O)c2ccc(F)cc2)c(-c2cn(C)c(=O)cc2C(C)C(C)C)c1. The van der Waals surface area contributed by atoms with E-state index in [1.807, 2.05) is 6.92 Å². The molecule has 0 bridgehead atoms. The number of carbonyl (C=O) groups is 1. The molecule has 0 aliphatic rings. The molecule has 2 aromatic carbocycles. The molecule has 1 atom stereocenters. The van der Waals surface area contributed by atoms with Crippen molar-refractivity contribution in [3.8, 4) is 11.1 Å². The molecule has 7 heteroatoms. The summed E-state index contributed by atoms with van der Waals surface area (Å²) in [5.41, 5.74) is 3.12. The summed E-state index contributed by atoms with van der Waals surface area (Å²) in [6.07, 6.45) is 1.70. The third-order valence-corrected chi connectivity index (χ3v) is 7.96. The van der Waals surface area contributed by atoms with Crippen LogP contribution >= 0.6 is 0 Å². The number of hydrogen-bond acceptors (Lipinski definition) is 4. The maximum Gasteiger partial charge on any atom is 0.250 e. The van der Waals surface area contributed by atoms with Crippen molar-refractivity contribution in [3.63, 3.8) is 0 Å². The number of pyridine rings is 1. The second kappa shape index (κ2) is 10.1.